The molecular formula is C22H20FN3O2S. The second-order valence-corrected chi connectivity index (χ2v) is 6.71. The fourth-order valence-corrected chi connectivity index (χ4v) is 2.78. The topological polar surface area (TPSA) is 62.4 Å². The van der Waals surface area contributed by atoms with Crippen LogP contribution in [0.1, 0.15) is 15.9 Å². The number of carbonyl (C=O) groups excluding carboxylic acids is 1. The monoisotopic (exact) mass is 409 g/mol. The van der Waals surface area contributed by atoms with Crippen molar-refractivity contribution < 1.29 is 13.9 Å². The lowest BCUT2D eigenvalue weighted by molar-refractivity contribution is 0.102. The number of rotatable bonds is 5. The molecule has 0 aliphatic carbocycles. The van der Waals surface area contributed by atoms with Gasteiger partial charge in [0.2, 0.25) is 0 Å². The third-order valence-corrected chi connectivity index (χ3v) is 4.39. The number of carbonyl (C=O) groups is 1. The van der Waals surface area contributed by atoms with Crippen molar-refractivity contribution in [2.45, 2.75) is 6.92 Å². The maximum absolute atomic E-state index is 13.6. The molecule has 0 aliphatic rings. The van der Waals surface area contributed by atoms with Gasteiger partial charge in [0.05, 0.1) is 7.11 Å². The minimum Gasteiger partial charge on any atom is -0.497 e. The predicted octanol–water partition coefficient (Wildman–Crippen LogP) is 5.20. The van der Waals surface area contributed by atoms with Crippen molar-refractivity contribution in [2.75, 3.05) is 23.1 Å². The Kier molecular flexibility index (Phi) is 6.41. The lowest BCUT2D eigenvalue weighted by Gasteiger charge is -2.12. The standard InChI is InChI=1S/C22H20FN3O2S/c1-14-3-6-18(13-20(14)23)26-22(29)25-17-7-4-15(5-8-17)21(27)24-16-9-11-19(28-2)12-10-16/h3-13H,1-2H3,(H,24,27)(H2,25,26,29). The van der Waals surface area contributed by atoms with Gasteiger partial charge >= 0.3 is 0 Å². The molecule has 29 heavy (non-hydrogen) atoms. The Morgan fingerprint density at radius 3 is 2.03 bits per heavy atom. The van der Waals surface area contributed by atoms with Crippen molar-refractivity contribution >= 4 is 40.3 Å². The second kappa shape index (κ2) is 9.16. The number of methoxy groups -OCH3 is 1. The molecule has 0 fully saturated rings. The molecule has 0 aromatic heterocycles. The minimum absolute atomic E-state index is 0.224. The molecule has 0 saturated carbocycles. The van der Waals surface area contributed by atoms with E-state index in [4.69, 9.17) is 17.0 Å². The van der Waals surface area contributed by atoms with Crippen LogP contribution in [-0.4, -0.2) is 18.1 Å². The lowest BCUT2D eigenvalue weighted by atomic mass is 10.2. The third-order valence-electron chi connectivity index (χ3n) is 4.18. The van der Waals surface area contributed by atoms with Gasteiger partial charge in [0.1, 0.15) is 11.6 Å². The molecule has 3 aromatic rings. The number of hydrogen-bond donors (Lipinski definition) is 3. The van der Waals surface area contributed by atoms with E-state index in [2.05, 4.69) is 16.0 Å². The van der Waals surface area contributed by atoms with Crippen LogP contribution in [0.5, 0.6) is 5.75 Å². The number of amides is 1. The molecule has 0 radical (unpaired) electrons. The van der Waals surface area contributed by atoms with Crippen LogP contribution in [-0.2, 0) is 0 Å². The van der Waals surface area contributed by atoms with E-state index in [0.29, 0.717) is 33.3 Å². The number of hydrogen-bond acceptors (Lipinski definition) is 3. The Morgan fingerprint density at radius 1 is 0.862 bits per heavy atom. The van der Waals surface area contributed by atoms with Gasteiger partial charge < -0.3 is 20.7 Å². The Labute approximate surface area is 173 Å². The Hall–Kier alpha value is -3.45. The van der Waals surface area contributed by atoms with Gasteiger partial charge in [-0.05, 0) is 85.4 Å². The Balaban J connectivity index is 1.57. The van der Waals surface area contributed by atoms with Crippen LogP contribution in [0.15, 0.2) is 66.7 Å². The normalized spacial score (nSPS) is 10.2. The van der Waals surface area contributed by atoms with Crippen LogP contribution < -0.4 is 20.7 Å². The molecule has 0 saturated heterocycles. The SMILES string of the molecule is COc1ccc(NC(=O)c2ccc(NC(=S)Nc3ccc(C)c(F)c3)cc2)cc1. The van der Waals surface area contributed by atoms with E-state index in [1.807, 2.05) is 0 Å². The van der Waals surface area contributed by atoms with Crippen molar-refractivity contribution in [2.24, 2.45) is 0 Å². The summed E-state index contributed by atoms with van der Waals surface area (Å²) in [6, 6.07) is 18.8. The molecule has 5 nitrogen and oxygen atoms in total. The number of anilines is 3. The first-order valence-corrected chi connectivity index (χ1v) is 9.25. The molecule has 0 bridgehead atoms. The fourth-order valence-electron chi connectivity index (χ4n) is 2.55. The molecule has 0 unspecified atom stereocenters. The highest BCUT2D eigenvalue weighted by Crippen LogP contribution is 2.17. The molecule has 3 N–H and O–H groups in total. The highest BCUT2D eigenvalue weighted by atomic mass is 32.1. The first-order chi connectivity index (χ1) is 13.9. The summed E-state index contributed by atoms with van der Waals surface area (Å²) < 4.78 is 18.7. The first-order valence-electron chi connectivity index (χ1n) is 8.84. The molecule has 0 spiro atoms. The number of thiocarbonyl (C=S) groups is 1. The van der Waals surface area contributed by atoms with Crippen LogP contribution in [0.3, 0.4) is 0 Å². The van der Waals surface area contributed by atoms with Crippen molar-refractivity contribution in [3.8, 4) is 5.75 Å². The maximum atomic E-state index is 13.6. The average Bonchev–Trinajstić information content (AvgIpc) is 2.72. The molecule has 0 aliphatic heterocycles. The van der Waals surface area contributed by atoms with Gasteiger partial charge in [-0.1, -0.05) is 6.07 Å². The molecule has 0 atom stereocenters. The van der Waals surface area contributed by atoms with Crippen molar-refractivity contribution in [3.05, 3.63) is 83.7 Å². The van der Waals surface area contributed by atoms with Crippen molar-refractivity contribution in [3.63, 3.8) is 0 Å². The summed E-state index contributed by atoms with van der Waals surface area (Å²) in [6.07, 6.45) is 0. The smallest absolute Gasteiger partial charge is 0.255 e. The zero-order valence-corrected chi connectivity index (χ0v) is 16.8. The van der Waals surface area contributed by atoms with Crippen LogP contribution in [0.2, 0.25) is 0 Å². The van der Waals surface area contributed by atoms with Crippen LogP contribution in [0.4, 0.5) is 21.5 Å². The zero-order chi connectivity index (χ0) is 20.8. The van der Waals surface area contributed by atoms with E-state index in [0.717, 1.165) is 5.75 Å². The van der Waals surface area contributed by atoms with Gasteiger partial charge in [-0.2, -0.15) is 0 Å². The number of halogens is 1. The highest BCUT2D eigenvalue weighted by Gasteiger charge is 2.07. The number of aryl methyl sites for hydroxylation is 1. The average molecular weight is 409 g/mol. The highest BCUT2D eigenvalue weighted by molar-refractivity contribution is 7.80. The van der Waals surface area contributed by atoms with E-state index in [1.54, 1.807) is 74.7 Å². The first kappa shape index (κ1) is 20.3. The number of nitrogens with one attached hydrogen (secondary N) is 3. The van der Waals surface area contributed by atoms with E-state index < -0.39 is 0 Å². The van der Waals surface area contributed by atoms with E-state index in [1.165, 1.54) is 6.07 Å². The largest absolute Gasteiger partial charge is 0.497 e. The summed E-state index contributed by atoms with van der Waals surface area (Å²) >= 11 is 5.25. The van der Waals surface area contributed by atoms with Gasteiger partial charge in [-0.3, -0.25) is 4.79 Å². The van der Waals surface area contributed by atoms with E-state index in [-0.39, 0.29) is 11.7 Å². The van der Waals surface area contributed by atoms with Gasteiger partial charge in [0.25, 0.3) is 5.91 Å². The van der Waals surface area contributed by atoms with Crippen LogP contribution in [0, 0.1) is 12.7 Å². The summed E-state index contributed by atoms with van der Waals surface area (Å²) in [7, 11) is 1.59. The van der Waals surface area contributed by atoms with Gasteiger partial charge in [-0.25, -0.2) is 4.39 Å². The molecule has 1 amide bonds. The number of benzene rings is 3. The van der Waals surface area contributed by atoms with Crippen LogP contribution in [0.25, 0.3) is 0 Å². The minimum atomic E-state index is -0.301. The quantitative estimate of drug-likeness (QED) is 0.506. The fraction of sp³-hybridized carbons (Fsp3) is 0.0909. The molecule has 3 aromatic carbocycles. The van der Waals surface area contributed by atoms with Gasteiger partial charge in [-0.15, -0.1) is 0 Å². The zero-order valence-electron chi connectivity index (χ0n) is 16.0. The summed E-state index contributed by atoms with van der Waals surface area (Å²) in [5.74, 6) is 0.193. The maximum Gasteiger partial charge on any atom is 0.255 e. The number of ether oxygens (including phenoxy) is 1. The molecular weight excluding hydrogens is 389 g/mol. The predicted molar refractivity (Wildman–Crippen MR) is 118 cm³/mol. The van der Waals surface area contributed by atoms with Gasteiger partial charge in [0, 0.05) is 22.6 Å². The third kappa shape index (κ3) is 5.52. The lowest BCUT2D eigenvalue weighted by Crippen LogP contribution is -2.19. The van der Waals surface area contributed by atoms with E-state index in [9.17, 15) is 9.18 Å². The van der Waals surface area contributed by atoms with Gasteiger partial charge in [0.15, 0.2) is 5.11 Å². The Morgan fingerprint density at radius 2 is 1.41 bits per heavy atom. The second-order valence-electron chi connectivity index (χ2n) is 6.30. The Bertz CT molecular complexity index is 1020. The van der Waals surface area contributed by atoms with E-state index >= 15 is 0 Å². The summed E-state index contributed by atoms with van der Waals surface area (Å²) in [5.41, 5.74) is 3.01. The molecule has 0 heterocycles. The molecule has 7 heteroatoms. The summed E-state index contributed by atoms with van der Waals surface area (Å²) in [5, 5.41) is 9.08. The molecule has 3 rings (SSSR count). The van der Waals surface area contributed by atoms with Crippen LogP contribution >= 0.6 is 12.2 Å². The molecule has 148 valence electrons. The van der Waals surface area contributed by atoms with Crippen molar-refractivity contribution in [1.29, 1.82) is 0 Å². The van der Waals surface area contributed by atoms with Crippen molar-refractivity contribution in [1.82, 2.24) is 0 Å². The summed E-state index contributed by atoms with van der Waals surface area (Å²) in [6.45, 7) is 1.70. The summed E-state index contributed by atoms with van der Waals surface area (Å²) in [4.78, 5) is 12.4.